The zero-order valence-electron chi connectivity index (χ0n) is 19.1. The third kappa shape index (κ3) is 6.07. The number of aryl methyl sites for hydroxylation is 1. The highest BCUT2D eigenvalue weighted by Gasteiger charge is 2.18. The quantitative estimate of drug-likeness (QED) is 0.151. The molecule has 0 saturated heterocycles. The molecule has 1 aromatic heterocycles. The predicted octanol–water partition coefficient (Wildman–Crippen LogP) is 6.93. The number of benzene rings is 4. The van der Waals surface area contributed by atoms with E-state index in [0.717, 1.165) is 27.6 Å². The molecule has 35 heavy (non-hydrogen) atoms. The maximum absolute atomic E-state index is 12.6. The van der Waals surface area contributed by atoms with E-state index in [1.807, 2.05) is 30.3 Å². The van der Waals surface area contributed by atoms with Gasteiger partial charge in [0.15, 0.2) is 0 Å². The van der Waals surface area contributed by atoms with E-state index in [9.17, 15) is 9.59 Å². The molecule has 0 aliphatic rings. The van der Waals surface area contributed by atoms with Gasteiger partial charge < -0.3 is 5.73 Å². The second-order valence-corrected chi connectivity index (χ2v) is 9.52. The van der Waals surface area contributed by atoms with Crippen molar-refractivity contribution < 1.29 is 9.59 Å². The number of fused-ring (bicyclic) bond motifs is 2. The Balaban J connectivity index is 0.000000917. The Morgan fingerprint density at radius 1 is 0.800 bits per heavy atom. The van der Waals surface area contributed by atoms with E-state index in [4.69, 9.17) is 0 Å². The Morgan fingerprint density at radius 3 is 2.17 bits per heavy atom. The molecule has 174 valence electrons. The fraction of sp³-hybridized carbons (Fsp3) is 0.100. The average molecular weight is 496 g/mol. The normalized spacial score (nSPS) is 10.5. The number of ketones is 2. The first-order valence-electron chi connectivity index (χ1n) is 11.3. The molecule has 0 amide bonds. The molecule has 0 atom stereocenters. The second-order valence-electron chi connectivity index (χ2n) is 8.17. The third-order valence-electron chi connectivity index (χ3n) is 5.84. The zero-order valence-corrected chi connectivity index (χ0v) is 20.8. The molecule has 2 N–H and O–H groups in total. The standard InChI is InChI=1S/C29H22O2S.CH3NS/c30-26(29(31)28-19-24-7-2-4-11-27(24)32-28)17-16-20-12-14-21(15-13-20)18-23-9-5-8-22-6-1-3-10-25(22)23;2-1-3/h1-15,19H,16-18H2;1H,(H2,2,3). The Morgan fingerprint density at radius 2 is 1.43 bits per heavy atom. The van der Waals surface area contributed by atoms with E-state index < -0.39 is 0 Å². The van der Waals surface area contributed by atoms with Crippen LogP contribution in [0.3, 0.4) is 0 Å². The van der Waals surface area contributed by atoms with E-state index in [-0.39, 0.29) is 18.0 Å². The van der Waals surface area contributed by atoms with Crippen LogP contribution in [0.1, 0.15) is 32.8 Å². The van der Waals surface area contributed by atoms with Crippen LogP contribution < -0.4 is 5.73 Å². The smallest absolute Gasteiger partial charge is 0.238 e. The van der Waals surface area contributed by atoms with Crippen molar-refractivity contribution in [3.8, 4) is 0 Å². The Bertz CT molecular complexity index is 1450. The molecule has 0 unspecified atom stereocenters. The topological polar surface area (TPSA) is 60.2 Å². The van der Waals surface area contributed by atoms with Gasteiger partial charge in [-0.3, -0.25) is 9.59 Å². The Hall–Kier alpha value is -3.67. The van der Waals surface area contributed by atoms with Crippen LogP contribution in [0.25, 0.3) is 20.9 Å². The molecule has 1 heterocycles. The summed E-state index contributed by atoms with van der Waals surface area (Å²) < 4.78 is 1.03. The lowest BCUT2D eigenvalue weighted by atomic mass is 9.97. The van der Waals surface area contributed by atoms with Gasteiger partial charge in [0.1, 0.15) is 0 Å². The van der Waals surface area contributed by atoms with E-state index >= 15 is 0 Å². The maximum Gasteiger partial charge on any atom is 0.238 e. The molecule has 4 aromatic carbocycles. The molecule has 0 spiro atoms. The van der Waals surface area contributed by atoms with Crippen LogP contribution in [-0.4, -0.2) is 17.1 Å². The van der Waals surface area contributed by atoms with Gasteiger partial charge in [-0.1, -0.05) is 97.1 Å². The van der Waals surface area contributed by atoms with Crippen LogP contribution in [-0.2, 0) is 17.6 Å². The fourth-order valence-corrected chi connectivity index (χ4v) is 5.11. The van der Waals surface area contributed by atoms with Gasteiger partial charge in [0.25, 0.3) is 0 Å². The minimum atomic E-state index is -0.376. The summed E-state index contributed by atoms with van der Waals surface area (Å²) in [7, 11) is 0. The van der Waals surface area contributed by atoms with Gasteiger partial charge in [0, 0.05) is 11.1 Å². The summed E-state index contributed by atoms with van der Waals surface area (Å²) in [6, 6.07) is 32.9. The lowest BCUT2D eigenvalue weighted by molar-refractivity contribution is -0.115. The summed E-state index contributed by atoms with van der Waals surface area (Å²) in [6.07, 6.45) is 1.67. The van der Waals surface area contributed by atoms with Crippen LogP contribution in [0.15, 0.2) is 97.1 Å². The lowest BCUT2D eigenvalue weighted by Gasteiger charge is -2.08. The van der Waals surface area contributed by atoms with Gasteiger partial charge in [0.05, 0.1) is 10.4 Å². The molecule has 0 aliphatic heterocycles. The summed E-state index contributed by atoms with van der Waals surface area (Å²) in [5.41, 5.74) is 9.23. The Kier molecular flexibility index (Phi) is 8.14. The highest BCUT2D eigenvalue weighted by molar-refractivity contribution is 7.78. The zero-order chi connectivity index (χ0) is 24.6. The van der Waals surface area contributed by atoms with Crippen molar-refractivity contribution in [2.75, 3.05) is 0 Å². The number of hydrogen-bond acceptors (Lipinski definition) is 4. The largest absolute Gasteiger partial charge is 0.396 e. The van der Waals surface area contributed by atoms with E-state index in [2.05, 4.69) is 84.7 Å². The van der Waals surface area contributed by atoms with Gasteiger partial charge >= 0.3 is 0 Å². The minimum Gasteiger partial charge on any atom is -0.396 e. The monoisotopic (exact) mass is 495 g/mol. The Labute approximate surface area is 214 Å². The maximum atomic E-state index is 12.6. The van der Waals surface area contributed by atoms with Crippen LogP contribution in [0.5, 0.6) is 0 Å². The molecule has 0 bridgehead atoms. The highest BCUT2D eigenvalue weighted by Crippen LogP contribution is 2.26. The molecule has 5 heteroatoms. The summed E-state index contributed by atoms with van der Waals surface area (Å²) in [5, 5.41) is 3.54. The first-order valence-corrected chi connectivity index (χ1v) is 12.6. The molecule has 3 nitrogen and oxygen atoms in total. The van der Waals surface area contributed by atoms with E-state index in [1.165, 1.54) is 33.2 Å². The van der Waals surface area contributed by atoms with Crippen LogP contribution in [0, 0.1) is 0 Å². The first-order chi connectivity index (χ1) is 17.1. The van der Waals surface area contributed by atoms with E-state index in [0.29, 0.717) is 11.3 Å². The van der Waals surface area contributed by atoms with Gasteiger partial charge in [-0.05, 0) is 57.8 Å². The number of thiocarbonyl (C=S) groups is 1. The molecular weight excluding hydrogens is 470 g/mol. The number of rotatable bonds is 7. The van der Waals surface area contributed by atoms with Crippen molar-refractivity contribution in [2.45, 2.75) is 19.3 Å². The summed E-state index contributed by atoms with van der Waals surface area (Å²) in [5.74, 6) is -0.699. The van der Waals surface area contributed by atoms with Gasteiger partial charge in [-0.2, -0.15) is 0 Å². The molecule has 0 radical (unpaired) electrons. The van der Waals surface area contributed by atoms with Crippen molar-refractivity contribution in [3.05, 3.63) is 119 Å². The fourth-order valence-electron chi connectivity index (χ4n) is 4.09. The molecule has 5 aromatic rings. The minimum absolute atomic E-state index is 0.232. The molecule has 0 aliphatic carbocycles. The predicted molar refractivity (Wildman–Crippen MR) is 151 cm³/mol. The van der Waals surface area contributed by atoms with Crippen LogP contribution >= 0.6 is 23.6 Å². The first kappa shape index (κ1) is 24.5. The number of hydrogen-bond donors (Lipinski definition) is 1. The van der Waals surface area contributed by atoms with Crippen molar-refractivity contribution in [1.82, 2.24) is 0 Å². The molecule has 0 fully saturated rings. The number of nitrogens with two attached hydrogens (primary N) is 1. The second kappa shape index (κ2) is 11.6. The van der Waals surface area contributed by atoms with Gasteiger partial charge in [0.2, 0.25) is 11.6 Å². The van der Waals surface area contributed by atoms with Crippen LogP contribution in [0.4, 0.5) is 0 Å². The number of carbonyl (C=O) groups is 2. The SMILES string of the molecule is NC=S.O=C(CCc1ccc(Cc2cccc3ccccc23)cc1)C(=O)c1cc2ccccc2s1. The summed E-state index contributed by atoms with van der Waals surface area (Å²) in [4.78, 5) is 25.6. The van der Waals surface area contributed by atoms with Crippen molar-refractivity contribution in [3.63, 3.8) is 0 Å². The van der Waals surface area contributed by atoms with Gasteiger partial charge in [-0.25, -0.2) is 0 Å². The summed E-state index contributed by atoms with van der Waals surface area (Å²) in [6.45, 7) is 0. The lowest BCUT2D eigenvalue weighted by Crippen LogP contribution is -2.13. The highest BCUT2D eigenvalue weighted by atomic mass is 32.1. The van der Waals surface area contributed by atoms with Crippen molar-refractivity contribution in [2.24, 2.45) is 5.73 Å². The van der Waals surface area contributed by atoms with Crippen molar-refractivity contribution >= 4 is 61.5 Å². The van der Waals surface area contributed by atoms with Crippen molar-refractivity contribution in [1.29, 1.82) is 0 Å². The summed E-state index contributed by atoms with van der Waals surface area (Å²) >= 11 is 5.43. The third-order valence-corrected chi connectivity index (χ3v) is 6.96. The van der Waals surface area contributed by atoms with Crippen LogP contribution in [0.2, 0.25) is 0 Å². The number of carbonyl (C=O) groups excluding carboxylic acids is 2. The molecule has 5 rings (SSSR count). The molecular formula is C30H25NO2S2. The van der Waals surface area contributed by atoms with Gasteiger partial charge in [-0.15, -0.1) is 11.3 Å². The average Bonchev–Trinajstić information content (AvgIpc) is 3.33. The number of thiophene rings is 1. The number of Topliss-reactive ketones (excluding diaryl/α,β-unsaturated/α-hetero) is 2. The molecule has 0 saturated carbocycles. The van der Waals surface area contributed by atoms with E-state index in [1.54, 1.807) is 0 Å².